The van der Waals surface area contributed by atoms with Gasteiger partial charge in [0.1, 0.15) is 10.8 Å². The number of aromatic nitrogens is 2. The van der Waals surface area contributed by atoms with E-state index in [4.69, 9.17) is 16.3 Å². The van der Waals surface area contributed by atoms with Crippen molar-refractivity contribution in [3.8, 4) is 16.3 Å². The Hall–Kier alpha value is -2.44. The quantitative estimate of drug-likeness (QED) is 0.538. The van der Waals surface area contributed by atoms with Gasteiger partial charge in [-0.3, -0.25) is 9.69 Å². The molecule has 0 radical (unpaired) electrons. The first kappa shape index (κ1) is 19.3. The zero-order valence-electron chi connectivity index (χ0n) is 15.2. The van der Waals surface area contributed by atoms with Crippen molar-refractivity contribution >= 4 is 34.0 Å². The first-order chi connectivity index (χ1) is 13.1. The smallest absolute Gasteiger partial charge is 0.260 e. The molecule has 0 bridgehead atoms. The molecule has 0 aliphatic heterocycles. The maximum atomic E-state index is 13.0. The molecular weight excluding hydrogens is 382 g/mol. The average molecular weight is 402 g/mol. The molecule has 3 aromatic rings. The van der Waals surface area contributed by atoms with Crippen LogP contribution in [-0.2, 0) is 0 Å². The number of benzene rings is 2. The van der Waals surface area contributed by atoms with E-state index >= 15 is 0 Å². The minimum absolute atomic E-state index is 0.0927. The number of carbonyl (C=O) groups excluding carboxylic acids is 1. The van der Waals surface area contributed by atoms with Crippen molar-refractivity contribution in [3.05, 3.63) is 59.1 Å². The number of ether oxygens (including phenoxy) is 1. The number of amides is 1. The molecule has 0 spiro atoms. The molecule has 1 aromatic heterocycles. The van der Waals surface area contributed by atoms with E-state index in [0.717, 1.165) is 23.4 Å². The van der Waals surface area contributed by atoms with Crippen LogP contribution in [0.3, 0.4) is 0 Å². The molecule has 1 heterocycles. The zero-order valence-corrected chi connectivity index (χ0v) is 16.8. The number of hydrogen-bond donors (Lipinski definition) is 0. The number of methoxy groups -OCH3 is 1. The van der Waals surface area contributed by atoms with Crippen LogP contribution in [0.5, 0.6) is 5.75 Å². The molecule has 3 rings (SSSR count). The first-order valence-electron chi connectivity index (χ1n) is 8.67. The topological polar surface area (TPSA) is 55.3 Å². The van der Waals surface area contributed by atoms with Gasteiger partial charge in [-0.05, 0) is 42.8 Å². The second kappa shape index (κ2) is 8.97. The molecule has 140 valence electrons. The highest BCUT2D eigenvalue weighted by molar-refractivity contribution is 7.18. The summed E-state index contributed by atoms with van der Waals surface area (Å²) in [4.78, 5) is 14.7. The Morgan fingerprint density at radius 2 is 1.81 bits per heavy atom. The fourth-order valence-corrected chi connectivity index (χ4v) is 3.52. The van der Waals surface area contributed by atoms with Gasteiger partial charge in [-0.25, -0.2) is 0 Å². The first-order valence-corrected chi connectivity index (χ1v) is 9.87. The third kappa shape index (κ3) is 4.64. The van der Waals surface area contributed by atoms with E-state index in [1.807, 2.05) is 24.3 Å². The number of carbonyl (C=O) groups is 1. The maximum Gasteiger partial charge on any atom is 0.260 e. The summed E-state index contributed by atoms with van der Waals surface area (Å²) in [5, 5.41) is 10.5. The van der Waals surface area contributed by atoms with Crippen molar-refractivity contribution in [2.45, 2.75) is 19.8 Å². The molecule has 5 nitrogen and oxygen atoms in total. The van der Waals surface area contributed by atoms with Crippen LogP contribution in [-0.4, -0.2) is 29.8 Å². The number of nitrogens with zero attached hydrogens (tertiary/aromatic N) is 3. The van der Waals surface area contributed by atoms with Crippen LogP contribution in [0.1, 0.15) is 30.1 Å². The SMILES string of the molecule is CCCCN(C(=O)c1ccc(OC)cc1)c1nnc(-c2ccc(Cl)cc2)s1. The van der Waals surface area contributed by atoms with Gasteiger partial charge in [-0.2, -0.15) is 0 Å². The molecule has 0 N–H and O–H groups in total. The van der Waals surface area contributed by atoms with E-state index in [0.29, 0.717) is 28.0 Å². The number of rotatable bonds is 7. The summed E-state index contributed by atoms with van der Waals surface area (Å²) < 4.78 is 5.17. The molecule has 7 heteroatoms. The van der Waals surface area contributed by atoms with Crippen molar-refractivity contribution in [2.75, 3.05) is 18.6 Å². The lowest BCUT2D eigenvalue weighted by Gasteiger charge is -2.19. The summed E-state index contributed by atoms with van der Waals surface area (Å²) in [5.74, 6) is 0.623. The van der Waals surface area contributed by atoms with E-state index in [1.165, 1.54) is 11.3 Å². The lowest BCUT2D eigenvalue weighted by Crippen LogP contribution is -2.31. The standard InChI is InChI=1S/C20H20ClN3O2S/c1-3-4-13-24(19(25)15-7-11-17(26-2)12-8-15)20-23-22-18(27-20)14-5-9-16(21)10-6-14/h5-12H,3-4,13H2,1-2H3. The average Bonchev–Trinajstić information content (AvgIpc) is 3.18. The second-order valence-electron chi connectivity index (χ2n) is 5.94. The Labute approximate surface area is 167 Å². The molecule has 0 aliphatic carbocycles. The van der Waals surface area contributed by atoms with E-state index in [-0.39, 0.29) is 5.91 Å². The Morgan fingerprint density at radius 3 is 2.44 bits per heavy atom. The number of unbranched alkanes of at least 4 members (excludes halogenated alkanes) is 1. The van der Waals surface area contributed by atoms with Gasteiger partial charge in [0.2, 0.25) is 5.13 Å². The highest BCUT2D eigenvalue weighted by Gasteiger charge is 2.21. The molecule has 2 aromatic carbocycles. The van der Waals surface area contributed by atoms with Gasteiger partial charge in [0.05, 0.1) is 7.11 Å². The number of halogens is 1. The molecule has 27 heavy (non-hydrogen) atoms. The van der Waals surface area contributed by atoms with Crippen molar-refractivity contribution in [2.24, 2.45) is 0 Å². The minimum atomic E-state index is -0.0927. The summed E-state index contributed by atoms with van der Waals surface area (Å²) in [6.45, 7) is 2.69. The van der Waals surface area contributed by atoms with E-state index in [2.05, 4.69) is 17.1 Å². The number of anilines is 1. The van der Waals surface area contributed by atoms with Gasteiger partial charge in [0, 0.05) is 22.7 Å². The van der Waals surface area contributed by atoms with Crippen LogP contribution in [0.25, 0.3) is 10.6 Å². The van der Waals surface area contributed by atoms with Gasteiger partial charge >= 0.3 is 0 Å². The van der Waals surface area contributed by atoms with Gasteiger partial charge in [-0.1, -0.05) is 48.4 Å². The van der Waals surface area contributed by atoms with Gasteiger partial charge in [-0.15, -0.1) is 10.2 Å². The Morgan fingerprint density at radius 1 is 1.11 bits per heavy atom. The van der Waals surface area contributed by atoms with Gasteiger partial charge in [0.15, 0.2) is 0 Å². The summed E-state index contributed by atoms with van der Waals surface area (Å²) in [6, 6.07) is 14.5. The molecular formula is C20H20ClN3O2S. The highest BCUT2D eigenvalue weighted by Crippen LogP contribution is 2.30. The minimum Gasteiger partial charge on any atom is -0.497 e. The molecule has 0 saturated carbocycles. The fourth-order valence-electron chi connectivity index (χ4n) is 2.52. The Balaban J connectivity index is 1.87. The van der Waals surface area contributed by atoms with Crippen molar-refractivity contribution < 1.29 is 9.53 Å². The molecule has 0 fully saturated rings. The van der Waals surface area contributed by atoms with Crippen molar-refractivity contribution in [1.82, 2.24) is 10.2 Å². The van der Waals surface area contributed by atoms with E-state index in [1.54, 1.807) is 36.3 Å². The molecule has 0 unspecified atom stereocenters. The van der Waals surface area contributed by atoms with Gasteiger partial charge < -0.3 is 4.74 Å². The second-order valence-corrected chi connectivity index (χ2v) is 7.33. The van der Waals surface area contributed by atoms with E-state index in [9.17, 15) is 4.79 Å². The summed E-state index contributed by atoms with van der Waals surface area (Å²) in [7, 11) is 1.60. The van der Waals surface area contributed by atoms with Crippen LogP contribution in [0.15, 0.2) is 48.5 Å². The fraction of sp³-hybridized carbons (Fsp3) is 0.250. The van der Waals surface area contributed by atoms with Crippen molar-refractivity contribution in [1.29, 1.82) is 0 Å². The molecule has 0 aliphatic rings. The van der Waals surface area contributed by atoms with Gasteiger partial charge in [0.25, 0.3) is 5.91 Å². The lowest BCUT2D eigenvalue weighted by molar-refractivity contribution is 0.0986. The Kier molecular flexibility index (Phi) is 6.42. The summed E-state index contributed by atoms with van der Waals surface area (Å²) >= 11 is 7.34. The summed E-state index contributed by atoms with van der Waals surface area (Å²) in [5.41, 5.74) is 1.52. The van der Waals surface area contributed by atoms with Crippen LogP contribution < -0.4 is 9.64 Å². The largest absolute Gasteiger partial charge is 0.497 e. The normalized spacial score (nSPS) is 10.6. The van der Waals surface area contributed by atoms with E-state index < -0.39 is 0 Å². The summed E-state index contributed by atoms with van der Waals surface area (Å²) in [6.07, 6.45) is 1.87. The number of hydrogen-bond acceptors (Lipinski definition) is 5. The lowest BCUT2D eigenvalue weighted by atomic mass is 10.2. The maximum absolute atomic E-state index is 13.0. The zero-order chi connectivity index (χ0) is 19.2. The predicted octanol–water partition coefficient (Wildman–Crippen LogP) is 5.31. The third-order valence-corrected chi connectivity index (χ3v) is 5.30. The molecule has 0 saturated heterocycles. The third-order valence-electron chi connectivity index (χ3n) is 4.05. The monoisotopic (exact) mass is 401 g/mol. The van der Waals surface area contributed by atoms with Crippen LogP contribution in [0.4, 0.5) is 5.13 Å². The predicted molar refractivity (Wildman–Crippen MR) is 110 cm³/mol. The van der Waals surface area contributed by atoms with Crippen LogP contribution >= 0.6 is 22.9 Å². The Bertz CT molecular complexity index is 894. The molecule has 1 amide bonds. The molecule has 0 atom stereocenters. The van der Waals surface area contributed by atoms with Crippen molar-refractivity contribution in [3.63, 3.8) is 0 Å². The van der Waals surface area contributed by atoms with Crippen LogP contribution in [0, 0.1) is 0 Å². The van der Waals surface area contributed by atoms with Crippen LogP contribution in [0.2, 0.25) is 5.02 Å². The highest BCUT2D eigenvalue weighted by atomic mass is 35.5.